The van der Waals surface area contributed by atoms with Gasteiger partial charge in [-0.1, -0.05) is 0 Å². The summed E-state index contributed by atoms with van der Waals surface area (Å²) in [5.74, 6) is -0.608. The average molecular weight is 201 g/mol. The van der Waals surface area contributed by atoms with Crippen molar-refractivity contribution in [2.45, 2.75) is 18.8 Å². The Morgan fingerprint density at radius 2 is 2.36 bits per heavy atom. The minimum absolute atomic E-state index is 0.181. The van der Waals surface area contributed by atoms with Crippen LogP contribution in [0.3, 0.4) is 0 Å². The molecule has 5 heteroatoms. The molecule has 0 aromatic rings. The van der Waals surface area contributed by atoms with Crippen LogP contribution >= 0.6 is 0 Å². The molecule has 3 atom stereocenters. The average Bonchev–Trinajstić information content (AvgIpc) is 2.70. The monoisotopic (exact) mass is 201 g/mol. The zero-order chi connectivity index (χ0) is 10.1. The molecule has 2 fully saturated rings. The van der Waals surface area contributed by atoms with Gasteiger partial charge in [0.2, 0.25) is 0 Å². The lowest BCUT2D eigenvalue weighted by molar-refractivity contribution is -0.153. The van der Waals surface area contributed by atoms with E-state index in [9.17, 15) is 4.79 Å². The molecule has 2 aliphatic heterocycles. The standard InChI is InChI=1S/C9H15NO4/c1-10-3-2-6(4-10)9-13-5-7(14-9)8(11)12/h6-7,9H,2-5H2,1H3,(H,11,12). The maximum atomic E-state index is 10.6. The Hall–Kier alpha value is -0.650. The van der Waals surface area contributed by atoms with E-state index in [2.05, 4.69) is 4.90 Å². The Morgan fingerprint density at radius 3 is 2.86 bits per heavy atom. The molecule has 14 heavy (non-hydrogen) atoms. The number of hydrogen-bond donors (Lipinski definition) is 1. The number of carboxylic acid groups (broad SMARTS) is 1. The molecule has 3 unspecified atom stereocenters. The van der Waals surface area contributed by atoms with Gasteiger partial charge in [0, 0.05) is 12.5 Å². The molecule has 2 rings (SSSR count). The van der Waals surface area contributed by atoms with E-state index in [1.165, 1.54) is 0 Å². The van der Waals surface area contributed by atoms with E-state index in [-0.39, 0.29) is 12.9 Å². The third-order valence-corrected chi connectivity index (χ3v) is 2.80. The molecule has 0 spiro atoms. The largest absolute Gasteiger partial charge is 0.479 e. The summed E-state index contributed by atoms with van der Waals surface area (Å²) in [5.41, 5.74) is 0. The van der Waals surface area contributed by atoms with Crippen molar-refractivity contribution in [1.29, 1.82) is 0 Å². The first kappa shape index (κ1) is 9.89. The van der Waals surface area contributed by atoms with Gasteiger partial charge >= 0.3 is 5.97 Å². The van der Waals surface area contributed by atoms with Crippen LogP contribution in [0.2, 0.25) is 0 Å². The van der Waals surface area contributed by atoms with Crippen molar-refractivity contribution < 1.29 is 19.4 Å². The molecule has 2 aliphatic rings. The molecule has 0 aromatic carbocycles. The van der Waals surface area contributed by atoms with Gasteiger partial charge in [-0.25, -0.2) is 4.79 Å². The first-order valence-corrected chi connectivity index (χ1v) is 4.85. The van der Waals surface area contributed by atoms with Crippen molar-refractivity contribution in [3.8, 4) is 0 Å². The fourth-order valence-corrected chi connectivity index (χ4v) is 1.99. The SMILES string of the molecule is CN1CCC(C2OCC(C(=O)O)O2)C1. The summed E-state index contributed by atoms with van der Waals surface area (Å²) in [6, 6.07) is 0. The van der Waals surface area contributed by atoms with Gasteiger partial charge in [0.15, 0.2) is 12.4 Å². The highest BCUT2D eigenvalue weighted by Gasteiger charge is 2.38. The summed E-state index contributed by atoms with van der Waals surface area (Å²) in [5, 5.41) is 8.71. The molecule has 0 amide bonds. The maximum absolute atomic E-state index is 10.6. The molecular formula is C9H15NO4. The molecule has 5 nitrogen and oxygen atoms in total. The van der Waals surface area contributed by atoms with Crippen LogP contribution in [0, 0.1) is 5.92 Å². The maximum Gasteiger partial charge on any atom is 0.335 e. The lowest BCUT2D eigenvalue weighted by atomic mass is 10.1. The predicted octanol–water partition coefficient (Wildman–Crippen LogP) is -0.236. The normalized spacial score (nSPS) is 39.1. The lowest BCUT2D eigenvalue weighted by Gasteiger charge is -2.16. The van der Waals surface area contributed by atoms with Crippen molar-refractivity contribution in [3.63, 3.8) is 0 Å². The smallest absolute Gasteiger partial charge is 0.335 e. The van der Waals surface area contributed by atoms with E-state index >= 15 is 0 Å². The van der Waals surface area contributed by atoms with E-state index in [1.807, 2.05) is 7.05 Å². The molecule has 0 saturated carbocycles. The van der Waals surface area contributed by atoms with E-state index in [0.717, 1.165) is 19.5 Å². The van der Waals surface area contributed by atoms with E-state index in [4.69, 9.17) is 14.6 Å². The first-order chi connectivity index (χ1) is 6.66. The Balaban J connectivity index is 1.86. The minimum Gasteiger partial charge on any atom is -0.479 e. The van der Waals surface area contributed by atoms with E-state index in [1.54, 1.807) is 0 Å². The number of aliphatic carboxylic acids is 1. The van der Waals surface area contributed by atoms with Crippen LogP contribution in [0.4, 0.5) is 0 Å². The lowest BCUT2D eigenvalue weighted by Crippen LogP contribution is -2.27. The fraction of sp³-hybridized carbons (Fsp3) is 0.889. The Kier molecular flexibility index (Phi) is 2.71. The second-order valence-electron chi connectivity index (χ2n) is 3.98. The number of ether oxygens (including phenoxy) is 2. The number of carbonyl (C=O) groups is 1. The highest BCUT2D eigenvalue weighted by atomic mass is 16.7. The highest BCUT2D eigenvalue weighted by Crippen LogP contribution is 2.26. The summed E-state index contributed by atoms with van der Waals surface area (Å²) in [7, 11) is 2.05. The third kappa shape index (κ3) is 1.89. The van der Waals surface area contributed by atoms with Crippen LogP contribution in [-0.4, -0.2) is 55.1 Å². The Bertz CT molecular complexity index is 233. The second kappa shape index (κ2) is 3.84. The number of likely N-dealkylation sites (tertiary alicyclic amines) is 1. The summed E-state index contributed by atoms with van der Waals surface area (Å²) < 4.78 is 10.6. The molecule has 1 N–H and O–H groups in total. The molecule has 0 aromatic heterocycles. The quantitative estimate of drug-likeness (QED) is 0.668. The molecule has 0 aliphatic carbocycles. The number of carboxylic acids is 1. The fourth-order valence-electron chi connectivity index (χ4n) is 1.99. The highest BCUT2D eigenvalue weighted by molar-refractivity contribution is 5.72. The van der Waals surface area contributed by atoms with E-state index < -0.39 is 12.1 Å². The zero-order valence-corrected chi connectivity index (χ0v) is 8.18. The number of nitrogens with zero attached hydrogens (tertiary/aromatic N) is 1. The van der Waals surface area contributed by atoms with Crippen molar-refractivity contribution in [2.75, 3.05) is 26.7 Å². The number of rotatable bonds is 2. The van der Waals surface area contributed by atoms with Gasteiger partial charge < -0.3 is 19.5 Å². The van der Waals surface area contributed by atoms with E-state index in [0.29, 0.717) is 5.92 Å². The van der Waals surface area contributed by atoms with Gasteiger partial charge in [0.05, 0.1) is 6.61 Å². The Morgan fingerprint density at radius 1 is 1.57 bits per heavy atom. The van der Waals surface area contributed by atoms with Crippen molar-refractivity contribution in [2.24, 2.45) is 5.92 Å². The molecule has 80 valence electrons. The topological polar surface area (TPSA) is 59.0 Å². The van der Waals surface area contributed by atoms with Crippen LogP contribution in [0.5, 0.6) is 0 Å². The molecule has 0 radical (unpaired) electrons. The molecular weight excluding hydrogens is 186 g/mol. The molecule has 2 saturated heterocycles. The van der Waals surface area contributed by atoms with Crippen LogP contribution in [0.1, 0.15) is 6.42 Å². The summed E-state index contributed by atoms with van der Waals surface area (Å²) in [6.07, 6.45) is -0.0694. The van der Waals surface area contributed by atoms with Gasteiger partial charge in [-0.05, 0) is 20.0 Å². The van der Waals surface area contributed by atoms with Gasteiger partial charge in [0.25, 0.3) is 0 Å². The van der Waals surface area contributed by atoms with Gasteiger partial charge in [-0.3, -0.25) is 0 Å². The van der Waals surface area contributed by atoms with Gasteiger partial charge in [-0.2, -0.15) is 0 Å². The number of hydrogen-bond acceptors (Lipinski definition) is 4. The Labute approximate surface area is 82.6 Å². The zero-order valence-electron chi connectivity index (χ0n) is 8.18. The predicted molar refractivity (Wildman–Crippen MR) is 47.9 cm³/mol. The van der Waals surface area contributed by atoms with Crippen molar-refractivity contribution in [3.05, 3.63) is 0 Å². The van der Waals surface area contributed by atoms with Crippen LogP contribution in [0.25, 0.3) is 0 Å². The second-order valence-corrected chi connectivity index (χ2v) is 3.98. The summed E-state index contributed by atoms with van der Waals surface area (Å²) >= 11 is 0. The van der Waals surface area contributed by atoms with Crippen LogP contribution in [0.15, 0.2) is 0 Å². The molecule has 2 heterocycles. The van der Waals surface area contributed by atoms with Crippen LogP contribution < -0.4 is 0 Å². The minimum atomic E-state index is -0.932. The molecule has 0 bridgehead atoms. The van der Waals surface area contributed by atoms with Crippen LogP contribution in [-0.2, 0) is 14.3 Å². The summed E-state index contributed by atoms with van der Waals surface area (Å²) in [6.45, 7) is 2.14. The van der Waals surface area contributed by atoms with Gasteiger partial charge in [0.1, 0.15) is 0 Å². The van der Waals surface area contributed by atoms with Crippen molar-refractivity contribution in [1.82, 2.24) is 4.90 Å². The van der Waals surface area contributed by atoms with Gasteiger partial charge in [-0.15, -0.1) is 0 Å². The summed E-state index contributed by atoms with van der Waals surface area (Å²) in [4.78, 5) is 12.8. The third-order valence-electron chi connectivity index (χ3n) is 2.80. The van der Waals surface area contributed by atoms with Crippen molar-refractivity contribution >= 4 is 5.97 Å². The first-order valence-electron chi connectivity index (χ1n) is 4.85.